The molecule has 8 aliphatic heterocycles. The van der Waals surface area contributed by atoms with Crippen LogP contribution in [0.15, 0.2) is 0 Å². The van der Waals surface area contributed by atoms with Crippen molar-refractivity contribution in [2.24, 2.45) is 16.2 Å². The fraction of sp³-hybridized carbons (Fsp3) is 1.00. The maximum atomic E-state index is 2.69. The lowest BCUT2D eigenvalue weighted by Gasteiger charge is -2.55. The molecule has 0 aromatic rings. The third kappa shape index (κ3) is 13.1. The highest BCUT2D eigenvalue weighted by atomic mass is 15.3. The van der Waals surface area contributed by atoms with Gasteiger partial charge in [-0.2, -0.15) is 0 Å². The molecule has 0 aliphatic carbocycles. The van der Waals surface area contributed by atoms with Gasteiger partial charge >= 0.3 is 0 Å². The molecular formula is C49H98N8. The highest BCUT2D eigenvalue weighted by Gasteiger charge is 2.45. The molecule has 0 bridgehead atoms. The van der Waals surface area contributed by atoms with E-state index in [9.17, 15) is 0 Å². The molecule has 8 nitrogen and oxygen atoms in total. The van der Waals surface area contributed by atoms with Crippen molar-refractivity contribution in [2.75, 3.05) is 126 Å². The van der Waals surface area contributed by atoms with Gasteiger partial charge in [-0.3, -0.25) is 14.7 Å². The van der Waals surface area contributed by atoms with Crippen LogP contribution in [-0.4, -0.2) is 195 Å². The molecule has 8 rings (SSSR count). The van der Waals surface area contributed by atoms with Gasteiger partial charge in [0.2, 0.25) is 0 Å². The lowest BCUT2D eigenvalue weighted by molar-refractivity contribution is -0.0586. The van der Waals surface area contributed by atoms with E-state index in [2.05, 4.69) is 123 Å². The molecule has 8 heteroatoms. The zero-order valence-corrected chi connectivity index (χ0v) is 40.4. The number of likely N-dealkylation sites (tertiary alicyclic amines) is 8. The lowest BCUT2D eigenvalue weighted by Crippen LogP contribution is -2.61. The molecule has 0 aromatic heterocycles. The monoisotopic (exact) mass is 799 g/mol. The van der Waals surface area contributed by atoms with Crippen LogP contribution in [0, 0.1) is 16.2 Å². The quantitative estimate of drug-likeness (QED) is 0.285. The number of nitrogens with zero attached hydrogens (tertiary/aromatic N) is 8. The second-order valence-electron chi connectivity index (χ2n) is 22.7. The second kappa shape index (κ2) is 21.2. The smallest absolute Gasteiger partial charge is 0.0334 e. The summed E-state index contributed by atoms with van der Waals surface area (Å²) in [4.78, 5) is 20.7. The van der Waals surface area contributed by atoms with Crippen molar-refractivity contribution >= 4 is 0 Å². The first-order chi connectivity index (χ1) is 27.0. The van der Waals surface area contributed by atoms with Crippen LogP contribution < -0.4 is 0 Å². The van der Waals surface area contributed by atoms with Gasteiger partial charge in [0.25, 0.3) is 0 Å². The lowest BCUT2D eigenvalue weighted by atomic mass is 9.71. The molecule has 57 heavy (non-hydrogen) atoms. The molecule has 8 aliphatic rings. The predicted octanol–water partition coefficient (Wildman–Crippen LogP) is 7.78. The molecule has 8 fully saturated rings. The van der Waals surface area contributed by atoms with Crippen molar-refractivity contribution < 1.29 is 0 Å². The van der Waals surface area contributed by atoms with Gasteiger partial charge < -0.3 is 24.5 Å². The van der Waals surface area contributed by atoms with Crippen molar-refractivity contribution in [1.82, 2.24) is 39.2 Å². The highest BCUT2D eigenvalue weighted by molar-refractivity contribution is 5.00. The molecular weight excluding hydrogens is 701 g/mol. The van der Waals surface area contributed by atoms with Crippen molar-refractivity contribution in [3.05, 3.63) is 0 Å². The number of likely N-dealkylation sites (N-methyl/N-ethyl adjacent to an activating group) is 1. The molecule has 8 saturated heterocycles. The normalized spacial score (nSPS) is 30.7. The summed E-state index contributed by atoms with van der Waals surface area (Å²) in [6, 6.07) is 2.96. The molecule has 0 saturated carbocycles. The second-order valence-corrected chi connectivity index (χ2v) is 22.7. The Balaban J connectivity index is 0.000000145. The summed E-state index contributed by atoms with van der Waals surface area (Å²) in [6.07, 6.45) is 20.0. The average molecular weight is 799 g/mol. The van der Waals surface area contributed by atoms with E-state index in [0.717, 1.165) is 29.6 Å². The van der Waals surface area contributed by atoms with E-state index in [1.807, 2.05) is 0 Å². The summed E-state index contributed by atoms with van der Waals surface area (Å²) in [5.74, 6) is 0. The molecule has 8 heterocycles. The van der Waals surface area contributed by atoms with Gasteiger partial charge in [0, 0.05) is 62.4 Å². The first-order valence-corrected chi connectivity index (χ1v) is 24.7. The zero-order chi connectivity index (χ0) is 41.4. The Morgan fingerprint density at radius 3 is 1.16 bits per heavy atom. The van der Waals surface area contributed by atoms with Crippen LogP contribution in [-0.2, 0) is 0 Å². The Morgan fingerprint density at radius 2 is 0.684 bits per heavy atom. The molecule has 0 N–H and O–H groups in total. The van der Waals surface area contributed by atoms with E-state index in [1.165, 1.54) is 188 Å². The predicted molar refractivity (Wildman–Crippen MR) is 247 cm³/mol. The maximum absolute atomic E-state index is 2.69. The molecule has 1 atom stereocenters. The number of piperidine rings is 6. The standard InChI is InChI=1S/2C13H26N2.C12H24N2.C11H22N2/c1-12(2)15-8-4-5-13(11-15)6-9-14(3)10-7-13;1-12(2)15-9-6-13(7-10-15)5-4-8-14(3)11-13;1-11(2)14-9-5-7-12(10-14)6-4-8-13(12)3;1-10(2)13-8-11(9-13)4-6-12(3)7-5-11/h2*12H,4-11H2,1-3H3;11H,4-10H2,1-3H3;10H,4-9H2,1-3H3. The summed E-state index contributed by atoms with van der Waals surface area (Å²) in [7, 11) is 9.11. The van der Waals surface area contributed by atoms with Gasteiger partial charge in [-0.1, -0.05) is 0 Å². The zero-order valence-electron chi connectivity index (χ0n) is 40.4. The van der Waals surface area contributed by atoms with Gasteiger partial charge in [-0.05, 0) is 255 Å². The largest absolute Gasteiger partial charge is 0.306 e. The first-order valence-electron chi connectivity index (χ1n) is 24.7. The molecule has 4 spiro atoms. The minimum atomic E-state index is 0.544. The fourth-order valence-corrected chi connectivity index (χ4v) is 12.3. The van der Waals surface area contributed by atoms with Crippen LogP contribution in [0.25, 0.3) is 0 Å². The van der Waals surface area contributed by atoms with Crippen molar-refractivity contribution in [2.45, 2.75) is 175 Å². The van der Waals surface area contributed by atoms with Gasteiger partial charge in [-0.15, -0.1) is 0 Å². The molecule has 0 amide bonds. The van der Waals surface area contributed by atoms with Crippen LogP contribution in [0.3, 0.4) is 0 Å². The fourth-order valence-electron chi connectivity index (χ4n) is 12.3. The Bertz CT molecular complexity index is 1140. The van der Waals surface area contributed by atoms with Crippen molar-refractivity contribution in [1.29, 1.82) is 0 Å². The van der Waals surface area contributed by atoms with Crippen LogP contribution in [0.2, 0.25) is 0 Å². The van der Waals surface area contributed by atoms with Crippen molar-refractivity contribution in [3.63, 3.8) is 0 Å². The minimum Gasteiger partial charge on any atom is -0.306 e. The Morgan fingerprint density at radius 1 is 0.298 bits per heavy atom. The van der Waals surface area contributed by atoms with E-state index in [1.54, 1.807) is 0 Å². The Hall–Kier alpha value is -0.320. The number of hydrogen-bond acceptors (Lipinski definition) is 8. The molecule has 0 radical (unpaired) electrons. The topological polar surface area (TPSA) is 25.9 Å². The number of rotatable bonds is 4. The third-order valence-corrected chi connectivity index (χ3v) is 17.0. The maximum Gasteiger partial charge on any atom is 0.0334 e. The van der Waals surface area contributed by atoms with Gasteiger partial charge in [0.1, 0.15) is 0 Å². The van der Waals surface area contributed by atoms with Gasteiger partial charge in [0.05, 0.1) is 0 Å². The van der Waals surface area contributed by atoms with Crippen LogP contribution in [0.1, 0.15) is 145 Å². The Labute approximate surface area is 355 Å². The summed E-state index contributed by atoms with van der Waals surface area (Å²) in [6.45, 7) is 38.5. The van der Waals surface area contributed by atoms with Gasteiger partial charge in [-0.25, -0.2) is 0 Å². The van der Waals surface area contributed by atoms with Crippen LogP contribution in [0.4, 0.5) is 0 Å². The van der Waals surface area contributed by atoms with E-state index >= 15 is 0 Å². The summed E-state index contributed by atoms with van der Waals surface area (Å²) in [5, 5.41) is 0. The number of hydrogen-bond donors (Lipinski definition) is 0. The highest BCUT2D eigenvalue weighted by Crippen LogP contribution is 2.42. The van der Waals surface area contributed by atoms with Crippen LogP contribution in [0.5, 0.6) is 0 Å². The van der Waals surface area contributed by atoms with Crippen molar-refractivity contribution in [3.8, 4) is 0 Å². The molecule has 334 valence electrons. The van der Waals surface area contributed by atoms with Crippen LogP contribution >= 0.6 is 0 Å². The first kappa shape index (κ1) is 47.7. The third-order valence-electron chi connectivity index (χ3n) is 17.0. The summed E-state index contributed by atoms with van der Waals surface area (Å²) in [5.41, 5.74) is 2.62. The van der Waals surface area contributed by atoms with E-state index in [4.69, 9.17) is 0 Å². The molecule has 1 unspecified atom stereocenters. The van der Waals surface area contributed by atoms with E-state index in [0.29, 0.717) is 16.4 Å². The summed E-state index contributed by atoms with van der Waals surface area (Å²) >= 11 is 0. The van der Waals surface area contributed by atoms with E-state index < -0.39 is 0 Å². The van der Waals surface area contributed by atoms with Gasteiger partial charge in [0.15, 0.2) is 0 Å². The average Bonchev–Trinajstić information content (AvgIpc) is 3.51. The summed E-state index contributed by atoms with van der Waals surface area (Å²) < 4.78 is 0. The minimum absolute atomic E-state index is 0.544. The molecule has 0 aromatic carbocycles. The Kier molecular flexibility index (Phi) is 17.7. The SMILES string of the molecule is CC(C)N1CC2(CCN(C)CC2)C1.CC(C)N1CCC2(CCCN(C)C2)CC1.CC(C)N1CCCC2(CCCN2C)C1.CC(C)N1CCCC2(CCN(C)CC2)C1. The van der Waals surface area contributed by atoms with E-state index in [-0.39, 0.29) is 0 Å².